The fourth-order valence-corrected chi connectivity index (χ4v) is 9.33. The Labute approximate surface area is 232 Å². The van der Waals surface area contributed by atoms with Crippen LogP contribution in [0.25, 0.3) is 0 Å². The van der Waals surface area contributed by atoms with Crippen molar-refractivity contribution in [2.45, 2.75) is 172 Å². The van der Waals surface area contributed by atoms with Crippen molar-refractivity contribution >= 4 is 47.3 Å². The van der Waals surface area contributed by atoms with Gasteiger partial charge in [0.05, 0.1) is 0 Å². The highest BCUT2D eigenvalue weighted by Gasteiger charge is 2.25. The molecule has 0 saturated heterocycles. The summed E-state index contributed by atoms with van der Waals surface area (Å²) in [6.07, 6.45) is 19.6. The first-order chi connectivity index (χ1) is 16.4. The van der Waals surface area contributed by atoms with E-state index in [0.717, 1.165) is 31.7 Å². The van der Waals surface area contributed by atoms with Gasteiger partial charge in [0, 0.05) is 14.5 Å². The molecule has 35 heavy (non-hydrogen) atoms. The fourth-order valence-electron chi connectivity index (χ4n) is 4.81. The Morgan fingerprint density at radius 1 is 0.429 bits per heavy atom. The van der Waals surface area contributed by atoms with Crippen molar-refractivity contribution in [2.75, 3.05) is 0 Å². The van der Waals surface area contributed by atoms with Gasteiger partial charge >= 0.3 is 12.2 Å². The summed E-state index contributed by atoms with van der Waals surface area (Å²) in [5.41, 5.74) is 0. The molecule has 0 bridgehead atoms. The molecule has 212 valence electrons. The Balaban J connectivity index is 3.34. The van der Waals surface area contributed by atoms with Gasteiger partial charge in [-0.1, -0.05) is 147 Å². The Morgan fingerprint density at radius 2 is 0.686 bits per heavy atom. The molecular formula is C27H54Cl3F3Si2. The molecule has 0 aliphatic rings. The molecule has 0 atom stereocenters. The molecule has 0 aromatic heterocycles. The predicted octanol–water partition coefficient (Wildman–Crippen LogP) is 13.1. The second kappa shape index (κ2) is 22.0. The van der Waals surface area contributed by atoms with E-state index in [4.69, 9.17) is 33.2 Å². The second-order valence-corrected chi connectivity index (χ2v) is 26.1. The lowest BCUT2D eigenvalue weighted by atomic mass is 10.0. The van der Waals surface area contributed by atoms with Crippen LogP contribution >= 0.6 is 33.2 Å². The van der Waals surface area contributed by atoms with Crippen molar-refractivity contribution in [1.29, 1.82) is 0 Å². The molecule has 0 amide bonds. The standard InChI is InChI=1S/C27H54Cl3F3Si2/c1-34(2,25-21-17-13-10-11-15-19-23-27(31,32)33)24-20-16-12-8-6-4-3-5-7-9-14-18-22-26-35(28,29)30/h3-26H2,1-2H3. The van der Waals surface area contributed by atoms with Gasteiger partial charge in [-0.25, -0.2) is 0 Å². The first kappa shape index (κ1) is 36.1. The summed E-state index contributed by atoms with van der Waals surface area (Å²) in [4.78, 5) is 0. The summed E-state index contributed by atoms with van der Waals surface area (Å²) < 4.78 is 36.4. The van der Waals surface area contributed by atoms with Gasteiger partial charge in [-0.05, 0) is 12.5 Å². The normalized spacial score (nSPS) is 13.0. The first-order valence-corrected chi connectivity index (χ1v) is 23.2. The molecule has 0 nitrogen and oxygen atoms in total. The highest BCUT2D eigenvalue weighted by atomic mass is 35.8. The number of halogens is 6. The van der Waals surface area contributed by atoms with E-state index in [9.17, 15) is 13.2 Å². The van der Waals surface area contributed by atoms with Crippen LogP contribution in [0.4, 0.5) is 13.2 Å². The number of hydrogen-bond donors (Lipinski definition) is 0. The quantitative estimate of drug-likeness (QED) is 0.0557. The predicted molar refractivity (Wildman–Crippen MR) is 158 cm³/mol. The lowest BCUT2D eigenvalue weighted by Gasteiger charge is -2.22. The van der Waals surface area contributed by atoms with E-state index < -0.39 is 26.7 Å². The van der Waals surface area contributed by atoms with Crippen molar-refractivity contribution in [2.24, 2.45) is 0 Å². The lowest BCUT2D eigenvalue weighted by Crippen LogP contribution is -2.24. The Hall–Kier alpha value is 1.09. The molecule has 0 saturated carbocycles. The van der Waals surface area contributed by atoms with Crippen molar-refractivity contribution < 1.29 is 13.2 Å². The molecule has 0 spiro atoms. The van der Waals surface area contributed by atoms with E-state index in [-0.39, 0.29) is 0 Å². The van der Waals surface area contributed by atoms with Gasteiger partial charge < -0.3 is 0 Å². The monoisotopic (exact) mass is 596 g/mol. The number of alkyl halides is 3. The molecule has 0 heterocycles. The molecule has 0 fully saturated rings. The zero-order valence-corrected chi connectivity index (χ0v) is 27.0. The van der Waals surface area contributed by atoms with E-state index >= 15 is 0 Å². The third-order valence-electron chi connectivity index (χ3n) is 7.13. The van der Waals surface area contributed by atoms with E-state index in [0.29, 0.717) is 6.42 Å². The van der Waals surface area contributed by atoms with Gasteiger partial charge in [-0.2, -0.15) is 13.2 Å². The summed E-state index contributed by atoms with van der Waals surface area (Å²) in [6, 6.07) is 1.28. The Kier molecular flexibility index (Phi) is 22.7. The van der Waals surface area contributed by atoms with Crippen LogP contribution in [-0.2, 0) is 0 Å². The van der Waals surface area contributed by atoms with Crippen LogP contribution in [0.2, 0.25) is 31.2 Å². The van der Waals surface area contributed by atoms with Crippen molar-refractivity contribution in [1.82, 2.24) is 0 Å². The SMILES string of the molecule is C[Si](C)(CCCCCCCCCCCCCCC[Si](Cl)(Cl)Cl)CCCCCCCCCC(F)(F)F. The molecule has 0 N–H and O–H groups in total. The summed E-state index contributed by atoms with van der Waals surface area (Å²) in [7, 11) is -1.06. The van der Waals surface area contributed by atoms with Gasteiger partial charge in [0.15, 0.2) is 0 Å². The minimum Gasteiger partial charge on any atom is -0.171 e. The van der Waals surface area contributed by atoms with E-state index in [2.05, 4.69) is 13.1 Å². The van der Waals surface area contributed by atoms with E-state index in [1.54, 1.807) is 0 Å². The maximum absolute atomic E-state index is 12.1. The number of hydrogen-bond acceptors (Lipinski definition) is 0. The minimum absolute atomic E-state index is 0.299. The summed E-state index contributed by atoms with van der Waals surface area (Å²) >= 11 is 17.7. The van der Waals surface area contributed by atoms with Crippen LogP contribution in [0, 0.1) is 0 Å². The zero-order valence-electron chi connectivity index (χ0n) is 22.7. The number of rotatable bonds is 25. The summed E-state index contributed by atoms with van der Waals surface area (Å²) in [5, 5.41) is 0. The van der Waals surface area contributed by atoms with Crippen molar-refractivity contribution in [3.8, 4) is 0 Å². The highest BCUT2D eigenvalue weighted by molar-refractivity contribution is 7.64. The van der Waals surface area contributed by atoms with E-state index in [1.807, 2.05) is 0 Å². The molecule has 0 radical (unpaired) electrons. The number of unbranched alkanes of at least 4 members (excludes halogenated alkanes) is 18. The maximum atomic E-state index is 12.1. The topological polar surface area (TPSA) is 0 Å². The Bertz CT molecular complexity index is 470. The third-order valence-corrected chi connectivity index (χ3v) is 13.2. The highest BCUT2D eigenvalue weighted by Crippen LogP contribution is 2.28. The van der Waals surface area contributed by atoms with Gasteiger partial charge in [0.25, 0.3) is 0 Å². The molecule has 0 aliphatic heterocycles. The second-order valence-electron chi connectivity index (χ2n) is 11.5. The molecular weight excluding hydrogens is 544 g/mol. The molecule has 0 rings (SSSR count). The molecule has 0 aromatic rings. The van der Waals surface area contributed by atoms with Gasteiger partial charge in [-0.3, -0.25) is 0 Å². The van der Waals surface area contributed by atoms with Crippen LogP contribution in [-0.4, -0.2) is 20.3 Å². The first-order valence-electron chi connectivity index (χ1n) is 14.5. The average molecular weight is 598 g/mol. The van der Waals surface area contributed by atoms with Gasteiger partial charge in [0.1, 0.15) is 0 Å². The summed E-state index contributed by atoms with van der Waals surface area (Å²) in [6.45, 7) is 5.07. The van der Waals surface area contributed by atoms with Crippen LogP contribution in [0.1, 0.15) is 135 Å². The molecule has 8 heteroatoms. The maximum Gasteiger partial charge on any atom is 0.389 e. The van der Waals surface area contributed by atoms with Gasteiger partial charge in [-0.15, -0.1) is 33.2 Å². The fraction of sp³-hybridized carbons (Fsp3) is 1.00. The third kappa shape index (κ3) is 31.2. The van der Waals surface area contributed by atoms with Gasteiger partial charge in [0.2, 0.25) is 0 Å². The van der Waals surface area contributed by atoms with Crippen LogP contribution < -0.4 is 0 Å². The van der Waals surface area contributed by atoms with Crippen LogP contribution in [0.15, 0.2) is 0 Å². The van der Waals surface area contributed by atoms with E-state index in [1.165, 1.54) is 108 Å². The smallest absolute Gasteiger partial charge is 0.171 e. The molecule has 0 unspecified atom stereocenters. The average Bonchev–Trinajstić information content (AvgIpc) is 2.73. The van der Waals surface area contributed by atoms with Crippen molar-refractivity contribution in [3.05, 3.63) is 0 Å². The molecule has 0 aromatic carbocycles. The lowest BCUT2D eigenvalue weighted by molar-refractivity contribution is -0.135. The minimum atomic E-state index is -3.98. The van der Waals surface area contributed by atoms with Crippen LogP contribution in [0.3, 0.4) is 0 Å². The summed E-state index contributed by atoms with van der Waals surface area (Å²) in [5.74, 6) is 0. The Morgan fingerprint density at radius 3 is 0.971 bits per heavy atom. The zero-order chi connectivity index (χ0) is 26.5. The largest absolute Gasteiger partial charge is 0.389 e. The van der Waals surface area contributed by atoms with Crippen LogP contribution in [0.5, 0.6) is 0 Å². The molecule has 0 aliphatic carbocycles. The van der Waals surface area contributed by atoms with Crippen molar-refractivity contribution in [3.63, 3.8) is 0 Å².